The van der Waals surface area contributed by atoms with Gasteiger partial charge in [-0.3, -0.25) is 0 Å². The molecule has 2 rings (SSSR count). The molecule has 0 aliphatic rings. The van der Waals surface area contributed by atoms with E-state index in [1.165, 1.54) is 0 Å². The highest BCUT2D eigenvalue weighted by atomic mass is 127. The number of nitrogens with one attached hydrogen (secondary N) is 1. The summed E-state index contributed by atoms with van der Waals surface area (Å²) in [7, 11) is 0. The lowest BCUT2D eigenvalue weighted by Crippen LogP contribution is -1.97. The van der Waals surface area contributed by atoms with E-state index in [1.807, 2.05) is 30.3 Å². The minimum Gasteiger partial charge on any atom is -0.324 e. The third-order valence-corrected chi connectivity index (χ3v) is 2.52. The Morgan fingerprint density at radius 3 is 2.94 bits per heavy atom. The number of anilines is 2. The Morgan fingerprint density at radius 1 is 1.31 bits per heavy atom. The molecule has 16 heavy (non-hydrogen) atoms. The maximum Gasteiger partial charge on any atom is 0.228 e. The van der Waals surface area contributed by atoms with Crippen LogP contribution in [0.25, 0.3) is 0 Å². The molecule has 0 saturated heterocycles. The van der Waals surface area contributed by atoms with Gasteiger partial charge in [-0.25, -0.2) is 9.97 Å². The molecule has 0 unspecified atom stereocenters. The fourth-order valence-electron chi connectivity index (χ4n) is 1.18. The molecule has 0 fully saturated rings. The molecule has 0 amide bonds. The van der Waals surface area contributed by atoms with Gasteiger partial charge in [0.25, 0.3) is 0 Å². The molecular formula is C11H7IN4. The molecule has 0 atom stereocenters. The predicted molar refractivity (Wildman–Crippen MR) is 69.2 cm³/mol. The molecule has 0 saturated carbocycles. The van der Waals surface area contributed by atoms with E-state index in [4.69, 9.17) is 5.26 Å². The van der Waals surface area contributed by atoms with Crippen LogP contribution in [0.4, 0.5) is 11.6 Å². The van der Waals surface area contributed by atoms with E-state index in [2.05, 4.69) is 37.9 Å². The first-order valence-corrected chi connectivity index (χ1v) is 5.61. The monoisotopic (exact) mass is 322 g/mol. The maximum atomic E-state index is 8.70. The van der Waals surface area contributed by atoms with Gasteiger partial charge in [0.2, 0.25) is 5.95 Å². The molecule has 2 aromatic rings. The van der Waals surface area contributed by atoms with Crippen molar-refractivity contribution in [1.29, 1.82) is 5.26 Å². The largest absolute Gasteiger partial charge is 0.324 e. The van der Waals surface area contributed by atoms with Crippen LogP contribution in [-0.2, 0) is 0 Å². The lowest BCUT2D eigenvalue weighted by molar-refractivity contribution is 1.14. The van der Waals surface area contributed by atoms with Gasteiger partial charge in [-0.15, -0.1) is 0 Å². The number of hydrogen-bond donors (Lipinski definition) is 1. The first-order chi connectivity index (χ1) is 7.78. The Bertz CT molecular complexity index is 548. The molecule has 1 heterocycles. The summed E-state index contributed by atoms with van der Waals surface area (Å²) in [6.07, 6.45) is 1.56. The molecule has 1 aromatic carbocycles. The maximum absolute atomic E-state index is 8.70. The predicted octanol–water partition coefficient (Wildman–Crippen LogP) is 2.70. The van der Waals surface area contributed by atoms with Crippen molar-refractivity contribution in [3.8, 4) is 6.07 Å². The minimum absolute atomic E-state index is 0.350. The second-order valence-corrected chi connectivity index (χ2v) is 4.26. The van der Waals surface area contributed by atoms with Crippen LogP contribution >= 0.6 is 22.6 Å². The summed E-state index contributed by atoms with van der Waals surface area (Å²) < 4.78 is 1.12. The molecule has 1 N–H and O–H groups in total. The van der Waals surface area contributed by atoms with Gasteiger partial charge in [0.05, 0.1) is 0 Å². The van der Waals surface area contributed by atoms with E-state index in [0.717, 1.165) is 9.26 Å². The van der Waals surface area contributed by atoms with Crippen molar-refractivity contribution in [3.05, 3.63) is 45.8 Å². The zero-order chi connectivity index (χ0) is 11.4. The number of nitrogens with zero attached hydrogens (tertiary/aromatic N) is 3. The van der Waals surface area contributed by atoms with E-state index in [1.54, 1.807) is 12.3 Å². The molecule has 5 heteroatoms. The van der Waals surface area contributed by atoms with E-state index in [0.29, 0.717) is 11.6 Å². The summed E-state index contributed by atoms with van der Waals surface area (Å²) in [5.41, 5.74) is 1.25. The van der Waals surface area contributed by atoms with Crippen LogP contribution in [-0.4, -0.2) is 9.97 Å². The van der Waals surface area contributed by atoms with Crippen molar-refractivity contribution in [2.75, 3.05) is 5.32 Å². The number of halogens is 1. The molecule has 1 aromatic heterocycles. The minimum atomic E-state index is 0.350. The van der Waals surface area contributed by atoms with E-state index < -0.39 is 0 Å². The Morgan fingerprint density at radius 2 is 2.19 bits per heavy atom. The van der Waals surface area contributed by atoms with E-state index in [9.17, 15) is 0 Å². The third-order valence-electron chi connectivity index (χ3n) is 1.85. The Kier molecular flexibility index (Phi) is 3.31. The number of benzene rings is 1. The van der Waals surface area contributed by atoms with Gasteiger partial charge in [-0.1, -0.05) is 6.07 Å². The highest BCUT2D eigenvalue weighted by Crippen LogP contribution is 2.15. The van der Waals surface area contributed by atoms with Gasteiger partial charge >= 0.3 is 0 Å². The van der Waals surface area contributed by atoms with Crippen molar-refractivity contribution in [1.82, 2.24) is 9.97 Å². The molecule has 0 aliphatic carbocycles. The van der Waals surface area contributed by atoms with Crippen molar-refractivity contribution in [2.45, 2.75) is 0 Å². The summed E-state index contributed by atoms with van der Waals surface area (Å²) in [5, 5.41) is 11.7. The molecule has 0 spiro atoms. The van der Waals surface area contributed by atoms with E-state index in [-0.39, 0.29) is 0 Å². The number of aromatic nitrogens is 2. The van der Waals surface area contributed by atoms with Gasteiger partial charge in [0.1, 0.15) is 11.8 Å². The summed E-state index contributed by atoms with van der Waals surface area (Å²) in [5.74, 6) is 0.432. The van der Waals surface area contributed by atoms with Crippen LogP contribution in [0.15, 0.2) is 36.5 Å². The Hall–Kier alpha value is -1.68. The van der Waals surface area contributed by atoms with Gasteiger partial charge in [0, 0.05) is 15.5 Å². The highest BCUT2D eigenvalue weighted by Gasteiger charge is 1.99. The van der Waals surface area contributed by atoms with Crippen LogP contribution in [0.2, 0.25) is 0 Å². The lowest BCUT2D eigenvalue weighted by atomic mass is 10.3. The fourth-order valence-corrected chi connectivity index (χ4v) is 1.72. The van der Waals surface area contributed by atoms with Crippen molar-refractivity contribution < 1.29 is 0 Å². The number of nitriles is 1. The van der Waals surface area contributed by atoms with Crippen LogP contribution in [0.3, 0.4) is 0 Å². The second kappa shape index (κ2) is 4.90. The SMILES string of the molecule is N#Cc1ccnc(Nc2cccc(I)c2)n1. The smallest absolute Gasteiger partial charge is 0.228 e. The molecule has 0 aliphatic heterocycles. The Balaban J connectivity index is 2.24. The van der Waals surface area contributed by atoms with Gasteiger partial charge in [0.15, 0.2) is 0 Å². The fraction of sp³-hybridized carbons (Fsp3) is 0. The van der Waals surface area contributed by atoms with Crippen LogP contribution < -0.4 is 5.32 Å². The second-order valence-electron chi connectivity index (χ2n) is 3.01. The first kappa shape index (κ1) is 10.8. The normalized spacial score (nSPS) is 9.50. The van der Waals surface area contributed by atoms with Crippen molar-refractivity contribution in [2.24, 2.45) is 0 Å². The summed E-state index contributed by atoms with van der Waals surface area (Å²) >= 11 is 2.23. The third kappa shape index (κ3) is 2.67. The van der Waals surface area contributed by atoms with Crippen LogP contribution in [0.5, 0.6) is 0 Å². The topological polar surface area (TPSA) is 61.6 Å². The lowest BCUT2D eigenvalue weighted by Gasteiger charge is -2.04. The molecule has 78 valence electrons. The molecule has 0 bridgehead atoms. The summed E-state index contributed by atoms with van der Waals surface area (Å²) in [6.45, 7) is 0. The molecule has 4 nitrogen and oxygen atoms in total. The zero-order valence-electron chi connectivity index (χ0n) is 8.18. The number of rotatable bonds is 2. The first-order valence-electron chi connectivity index (χ1n) is 4.53. The van der Waals surface area contributed by atoms with Crippen LogP contribution in [0.1, 0.15) is 5.69 Å². The van der Waals surface area contributed by atoms with Crippen molar-refractivity contribution in [3.63, 3.8) is 0 Å². The number of hydrogen-bond acceptors (Lipinski definition) is 4. The van der Waals surface area contributed by atoms with E-state index >= 15 is 0 Å². The molecular weight excluding hydrogens is 315 g/mol. The highest BCUT2D eigenvalue weighted by molar-refractivity contribution is 14.1. The van der Waals surface area contributed by atoms with Gasteiger partial charge in [-0.2, -0.15) is 5.26 Å². The van der Waals surface area contributed by atoms with Gasteiger partial charge < -0.3 is 5.32 Å². The Labute approximate surface area is 106 Å². The van der Waals surface area contributed by atoms with Crippen molar-refractivity contribution >= 4 is 34.2 Å². The molecule has 0 radical (unpaired) electrons. The zero-order valence-corrected chi connectivity index (χ0v) is 10.3. The van der Waals surface area contributed by atoms with Crippen LogP contribution in [0, 0.1) is 14.9 Å². The quantitative estimate of drug-likeness (QED) is 0.864. The van der Waals surface area contributed by atoms with Gasteiger partial charge in [-0.05, 0) is 46.9 Å². The summed E-state index contributed by atoms with van der Waals surface area (Å²) in [4.78, 5) is 8.07. The average molecular weight is 322 g/mol. The average Bonchev–Trinajstić information content (AvgIpc) is 2.29. The standard InChI is InChI=1S/C11H7IN4/c12-8-2-1-3-9(6-8)15-11-14-5-4-10(7-13)16-11/h1-6H,(H,14,15,16). The summed E-state index contributed by atoms with van der Waals surface area (Å²) in [6, 6.07) is 11.4.